The number of aliphatic hydroxyl groups is 4. The van der Waals surface area contributed by atoms with E-state index in [4.69, 9.17) is 14.2 Å². The fraction of sp³-hybridized carbons (Fsp3) is 0.897. The van der Waals surface area contributed by atoms with E-state index in [0.29, 0.717) is 30.1 Å². The van der Waals surface area contributed by atoms with Crippen LogP contribution >= 0.6 is 0 Å². The standard InChI is InChI=1S/C29H46O8/c1-15-23(32)25(36-17(3)31)24(33)26(35-15)37-19-8-11-27(4)18(14-19)6-7-20-21(27)9-12-28(5)22(20)10-13-29(28,34)16(2)30/h6-7,15-16,18-26,30,32-34H,8-14H2,1-5H3/t15-,16+,18+,19+,20-,21+,22+,23+,24-,25+,26+,27+,28+,29+/m1/s1. The zero-order valence-corrected chi connectivity index (χ0v) is 22.9. The van der Waals surface area contributed by atoms with Crippen LogP contribution in [0.5, 0.6) is 0 Å². The van der Waals surface area contributed by atoms with E-state index in [2.05, 4.69) is 26.0 Å². The molecule has 8 heteroatoms. The van der Waals surface area contributed by atoms with Crippen molar-refractivity contribution in [2.45, 2.75) is 128 Å². The molecule has 3 saturated carbocycles. The second-order valence-electron chi connectivity index (χ2n) is 13.2. The molecule has 4 fully saturated rings. The van der Waals surface area contributed by atoms with Gasteiger partial charge >= 0.3 is 5.97 Å². The van der Waals surface area contributed by atoms with E-state index in [1.165, 1.54) is 6.92 Å². The number of rotatable bonds is 4. The van der Waals surface area contributed by atoms with Gasteiger partial charge in [-0.15, -0.1) is 0 Å². The summed E-state index contributed by atoms with van der Waals surface area (Å²) in [7, 11) is 0. The highest BCUT2D eigenvalue weighted by Gasteiger charge is 2.65. The fourth-order valence-electron chi connectivity index (χ4n) is 9.07. The molecule has 0 aromatic carbocycles. The smallest absolute Gasteiger partial charge is 0.303 e. The molecule has 5 aliphatic rings. The highest BCUT2D eigenvalue weighted by molar-refractivity contribution is 5.66. The average Bonchev–Trinajstić information content (AvgIpc) is 3.12. The lowest BCUT2D eigenvalue weighted by Crippen LogP contribution is -2.60. The van der Waals surface area contributed by atoms with Gasteiger partial charge in [0.2, 0.25) is 0 Å². The highest BCUT2D eigenvalue weighted by Crippen LogP contribution is 2.67. The lowest BCUT2D eigenvalue weighted by atomic mass is 9.46. The maximum atomic E-state index is 11.5. The first-order valence-electron chi connectivity index (χ1n) is 14.2. The van der Waals surface area contributed by atoms with Gasteiger partial charge in [0.1, 0.15) is 12.2 Å². The van der Waals surface area contributed by atoms with Crippen LogP contribution in [-0.4, -0.2) is 74.9 Å². The molecule has 8 nitrogen and oxygen atoms in total. The van der Waals surface area contributed by atoms with Gasteiger partial charge in [0.15, 0.2) is 12.4 Å². The monoisotopic (exact) mass is 522 g/mol. The van der Waals surface area contributed by atoms with Crippen molar-refractivity contribution in [1.82, 2.24) is 0 Å². The normalized spacial score (nSPS) is 54.1. The van der Waals surface area contributed by atoms with E-state index in [1.807, 2.05) is 0 Å². The third-order valence-corrected chi connectivity index (χ3v) is 11.4. The van der Waals surface area contributed by atoms with E-state index in [9.17, 15) is 25.2 Å². The molecule has 210 valence electrons. The Balaban J connectivity index is 1.29. The Hall–Kier alpha value is -1.03. The summed E-state index contributed by atoms with van der Waals surface area (Å²) in [5.41, 5.74) is -1.17. The number of ether oxygens (including phenoxy) is 3. The molecule has 5 rings (SSSR count). The minimum atomic E-state index is -1.26. The summed E-state index contributed by atoms with van der Waals surface area (Å²) in [4.78, 5) is 11.5. The summed E-state index contributed by atoms with van der Waals surface area (Å²) >= 11 is 0. The fourth-order valence-corrected chi connectivity index (χ4v) is 9.07. The first-order chi connectivity index (χ1) is 17.3. The third kappa shape index (κ3) is 4.21. The summed E-state index contributed by atoms with van der Waals surface area (Å²) in [6.07, 6.45) is 5.05. The molecule has 0 spiro atoms. The molecule has 0 amide bonds. The molecule has 37 heavy (non-hydrogen) atoms. The number of allylic oxidation sites excluding steroid dienone is 2. The zero-order valence-electron chi connectivity index (χ0n) is 22.9. The molecular formula is C29H46O8. The van der Waals surface area contributed by atoms with Gasteiger partial charge in [-0.3, -0.25) is 4.79 Å². The summed E-state index contributed by atoms with van der Waals surface area (Å²) in [5.74, 6) is 1.06. The first-order valence-corrected chi connectivity index (χ1v) is 14.2. The van der Waals surface area contributed by atoms with Crippen LogP contribution in [0.2, 0.25) is 0 Å². The van der Waals surface area contributed by atoms with Gasteiger partial charge in [-0.25, -0.2) is 0 Å². The quantitative estimate of drug-likeness (QED) is 0.328. The Morgan fingerprint density at radius 3 is 2.43 bits per heavy atom. The number of fused-ring (bicyclic) bond motifs is 5. The van der Waals surface area contributed by atoms with Crippen molar-refractivity contribution in [3.8, 4) is 0 Å². The van der Waals surface area contributed by atoms with Gasteiger partial charge in [0, 0.05) is 12.3 Å². The van der Waals surface area contributed by atoms with Crippen molar-refractivity contribution < 1.29 is 39.4 Å². The second kappa shape index (κ2) is 9.56. The third-order valence-electron chi connectivity index (χ3n) is 11.4. The van der Waals surface area contributed by atoms with Crippen LogP contribution in [0.25, 0.3) is 0 Å². The molecule has 1 aliphatic heterocycles. The average molecular weight is 523 g/mol. The number of hydrogen-bond acceptors (Lipinski definition) is 8. The van der Waals surface area contributed by atoms with Gasteiger partial charge < -0.3 is 34.6 Å². The molecular weight excluding hydrogens is 476 g/mol. The molecule has 0 radical (unpaired) electrons. The highest BCUT2D eigenvalue weighted by atomic mass is 16.7. The van der Waals surface area contributed by atoms with Crippen LogP contribution in [0.15, 0.2) is 12.2 Å². The summed E-state index contributed by atoms with van der Waals surface area (Å²) in [5, 5.41) is 43.1. The molecule has 4 N–H and O–H groups in total. The van der Waals surface area contributed by atoms with Crippen LogP contribution in [-0.2, 0) is 19.0 Å². The van der Waals surface area contributed by atoms with Gasteiger partial charge in [0.05, 0.1) is 23.9 Å². The van der Waals surface area contributed by atoms with Crippen molar-refractivity contribution >= 4 is 5.97 Å². The van der Waals surface area contributed by atoms with Gasteiger partial charge in [-0.1, -0.05) is 26.0 Å². The SMILES string of the molecule is CC(=O)O[C@H]1[C@@H](O)[C@@H](C)O[C@@H](O[C@H]2CC[C@@]3(C)[C@@H](C=C[C@@H]4[C@@H]3CC[C@@]3(C)[C@H]4CC[C@]3(O)[C@H](C)O)C2)[C@@H]1O. The minimum Gasteiger partial charge on any atom is -0.457 e. The Bertz CT molecular complexity index is 906. The van der Waals surface area contributed by atoms with E-state index in [-0.39, 0.29) is 16.9 Å². The van der Waals surface area contributed by atoms with Gasteiger partial charge in [-0.05, 0) is 87.9 Å². The van der Waals surface area contributed by atoms with E-state index in [0.717, 1.165) is 38.5 Å². The van der Waals surface area contributed by atoms with Gasteiger partial charge in [0.25, 0.3) is 0 Å². The number of carbonyl (C=O) groups excluding carboxylic acids is 1. The van der Waals surface area contributed by atoms with Crippen LogP contribution in [0, 0.1) is 34.5 Å². The maximum absolute atomic E-state index is 11.5. The Morgan fingerprint density at radius 1 is 1.05 bits per heavy atom. The number of carbonyl (C=O) groups is 1. The number of hydrogen-bond donors (Lipinski definition) is 4. The molecule has 0 aromatic rings. The molecule has 0 bridgehead atoms. The van der Waals surface area contributed by atoms with E-state index in [1.54, 1.807) is 13.8 Å². The maximum Gasteiger partial charge on any atom is 0.303 e. The first kappa shape index (κ1) is 27.5. The second-order valence-corrected chi connectivity index (χ2v) is 13.2. The predicted molar refractivity (Wildman–Crippen MR) is 135 cm³/mol. The van der Waals surface area contributed by atoms with Crippen LogP contribution in [0.3, 0.4) is 0 Å². The van der Waals surface area contributed by atoms with Crippen molar-refractivity contribution in [2.24, 2.45) is 34.5 Å². The largest absolute Gasteiger partial charge is 0.457 e. The van der Waals surface area contributed by atoms with Crippen molar-refractivity contribution in [3.05, 3.63) is 12.2 Å². The Kier molecular flexibility index (Phi) is 7.11. The Labute approximate surface area is 220 Å². The molecule has 0 aromatic heterocycles. The lowest BCUT2D eigenvalue weighted by Gasteiger charge is -2.60. The minimum absolute atomic E-state index is 0.111. The van der Waals surface area contributed by atoms with Gasteiger partial charge in [-0.2, -0.15) is 0 Å². The summed E-state index contributed by atoms with van der Waals surface area (Å²) in [6.45, 7) is 9.28. The van der Waals surface area contributed by atoms with Crippen LogP contribution in [0.1, 0.15) is 79.6 Å². The molecule has 14 atom stereocenters. The number of aliphatic hydroxyl groups excluding tert-OH is 3. The molecule has 0 unspecified atom stereocenters. The number of esters is 1. The van der Waals surface area contributed by atoms with Crippen molar-refractivity contribution in [1.29, 1.82) is 0 Å². The summed E-state index contributed by atoms with van der Waals surface area (Å²) in [6, 6.07) is 0. The van der Waals surface area contributed by atoms with Crippen molar-refractivity contribution in [2.75, 3.05) is 0 Å². The summed E-state index contributed by atoms with van der Waals surface area (Å²) < 4.78 is 17.3. The lowest BCUT2D eigenvalue weighted by molar-refractivity contribution is -0.310. The van der Waals surface area contributed by atoms with E-state index >= 15 is 0 Å². The van der Waals surface area contributed by atoms with Crippen LogP contribution in [0.4, 0.5) is 0 Å². The van der Waals surface area contributed by atoms with Crippen molar-refractivity contribution in [3.63, 3.8) is 0 Å². The molecule has 4 aliphatic carbocycles. The van der Waals surface area contributed by atoms with Crippen LogP contribution < -0.4 is 0 Å². The Morgan fingerprint density at radius 2 is 1.76 bits per heavy atom. The molecule has 1 heterocycles. The zero-order chi connectivity index (χ0) is 26.9. The predicted octanol–water partition coefficient (Wildman–Crippen LogP) is 2.70. The topological polar surface area (TPSA) is 126 Å². The molecule has 1 saturated heterocycles. The van der Waals surface area contributed by atoms with E-state index < -0.39 is 48.4 Å².